The predicted octanol–water partition coefficient (Wildman–Crippen LogP) is 1.75. The van der Waals surface area contributed by atoms with Crippen LogP contribution >= 0.6 is 0 Å². The Morgan fingerprint density at radius 3 is 2.78 bits per heavy atom. The summed E-state index contributed by atoms with van der Waals surface area (Å²) in [5.74, 6) is 5.22. The molecule has 1 aromatic rings. The third kappa shape index (κ3) is 1.35. The average Bonchev–Trinajstić information content (AvgIpc) is 3.25. The highest BCUT2D eigenvalue weighted by Crippen LogP contribution is 2.65. The first-order valence-corrected chi connectivity index (χ1v) is 8.86. The lowest BCUT2D eigenvalue weighted by Gasteiger charge is -2.31. The number of imidazole rings is 1. The van der Waals surface area contributed by atoms with Gasteiger partial charge < -0.3 is 4.98 Å². The maximum absolute atomic E-state index is 12.7. The maximum atomic E-state index is 12.7. The standard InChI is InChI=1S/C17H21N5O/c1-21-14(23)12-13(22-3-2-18-16(21)22)20-15(19-12)17-7-9-4-10(8-17)6-11(17)5-9/h9-11H,2-8H2,1H3,(H,19,20). The van der Waals surface area contributed by atoms with Gasteiger partial charge in [-0.05, 0) is 49.9 Å². The van der Waals surface area contributed by atoms with Crippen LogP contribution in [0.2, 0.25) is 0 Å². The Morgan fingerprint density at radius 1 is 1.22 bits per heavy atom. The monoisotopic (exact) mass is 311 g/mol. The molecule has 6 heteroatoms. The smallest absolute Gasteiger partial charge is 0.280 e. The topological polar surface area (TPSA) is 64.6 Å². The Kier molecular flexibility index (Phi) is 2.07. The number of fused-ring (bicyclic) bond motifs is 3. The number of nitrogens with one attached hydrogen (secondary N) is 1. The van der Waals surface area contributed by atoms with Crippen LogP contribution < -0.4 is 4.90 Å². The van der Waals surface area contributed by atoms with Crippen LogP contribution in [0.1, 0.15) is 48.4 Å². The van der Waals surface area contributed by atoms with Gasteiger partial charge in [0.2, 0.25) is 5.96 Å². The summed E-state index contributed by atoms with van der Waals surface area (Å²) in [6.45, 7) is 1.57. The number of guanidine groups is 1. The fraction of sp³-hybridized carbons (Fsp3) is 0.706. The molecule has 23 heavy (non-hydrogen) atoms. The molecule has 7 rings (SSSR count). The minimum Gasteiger partial charge on any atom is -0.336 e. The van der Waals surface area contributed by atoms with Crippen molar-refractivity contribution in [1.82, 2.24) is 14.9 Å². The average molecular weight is 311 g/mol. The largest absolute Gasteiger partial charge is 0.336 e. The van der Waals surface area contributed by atoms with Crippen LogP contribution in [0.4, 0.5) is 5.82 Å². The summed E-state index contributed by atoms with van der Waals surface area (Å²) >= 11 is 0. The molecule has 120 valence electrons. The molecule has 6 aliphatic rings. The second-order valence-electron chi connectivity index (χ2n) is 8.18. The molecule has 2 aliphatic heterocycles. The van der Waals surface area contributed by atoms with Gasteiger partial charge in [-0.2, -0.15) is 0 Å². The first kappa shape index (κ1) is 12.6. The Morgan fingerprint density at radius 2 is 2.00 bits per heavy atom. The molecule has 0 spiro atoms. The van der Waals surface area contributed by atoms with Crippen LogP contribution in [0.25, 0.3) is 0 Å². The number of hydrogen-bond acceptors (Lipinski definition) is 4. The zero-order chi connectivity index (χ0) is 15.3. The molecule has 1 N–H and O–H groups in total. The number of carbonyl (C=O) groups is 1. The number of aliphatic imine (C=N–C) groups is 1. The Hall–Kier alpha value is -1.85. The van der Waals surface area contributed by atoms with Crippen molar-refractivity contribution in [2.24, 2.45) is 22.7 Å². The lowest BCUT2D eigenvalue weighted by Crippen LogP contribution is -2.48. The lowest BCUT2D eigenvalue weighted by molar-refractivity contribution is 0.0860. The van der Waals surface area contributed by atoms with Crippen LogP contribution in [0, 0.1) is 17.8 Å². The summed E-state index contributed by atoms with van der Waals surface area (Å²) in [5, 5.41) is 0. The summed E-state index contributed by atoms with van der Waals surface area (Å²) in [4.78, 5) is 29.4. The zero-order valence-corrected chi connectivity index (χ0v) is 13.4. The second kappa shape index (κ2) is 3.79. The number of anilines is 1. The maximum Gasteiger partial charge on any atom is 0.280 e. The van der Waals surface area contributed by atoms with Gasteiger partial charge in [-0.1, -0.05) is 0 Å². The highest BCUT2D eigenvalue weighted by atomic mass is 16.2. The first-order valence-electron chi connectivity index (χ1n) is 8.86. The van der Waals surface area contributed by atoms with E-state index in [1.54, 1.807) is 4.90 Å². The van der Waals surface area contributed by atoms with Crippen molar-refractivity contribution in [1.29, 1.82) is 0 Å². The summed E-state index contributed by atoms with van der Waals surface area (Å²) in [6.07, 6.45) is 6.69. The third-order valence-electron chi connectivity index (χ3n) is 7.04. The van der Waals surface area contributed by atoms with E-state index >= 15 is 0 Å². The Balaban J connectivity index is 1.50. The van der Waals surface area contributed by atoms with Crippen LogP contribution in [-0.4, -0.2) is 46.9 Å². The van der Waals surface area contributed by atoms with Crippen LogP contribution in [-0.2, 0) is 5.41 Å². The molecule has 0 saturated heterocycles. The van der Waals surface area contributed by atoms with Gasteiger partial charge in [0.1, 0.15) is 11.5 Å². The van der Waals surface area contributed by atoms with Crippen LogP contribution in [0.3, 0.4) is 0 Å². The van der Waals surface area contributed by atoms with E-state index in [2.05, 4.69) is 14.9 Å². The number of H-pyrrole nitrogens is 1. The number of aromatic amines is 1. The van der Waals surface area contributed by atoms with Gasteiger partial charge in [0.05, 0.1) is 6.54 Å². The van der Waals surface area contributed by atoms with Gasteiger partial charge in [-0.3, -0.25) is 19.6 Å². The molecule has 6 nitrogen and oxygen atoms in total. The quantitative estimate of drug-likeness (QED) is 0.859. The number of nitrogens with zero attached hydrogens (tertiary/aromatic N) is 4. The normalized spacial score (nSPS) is 40.0. The highest BCUT2D eigenvalue weighted by molar-refractivity contribution is 6.17. The van der Waals surface area contributed by atoms with Gasteiger partial charge in [-0.15, -0.1) is 0 Å². The molecule has 2 atom stereocenters. The van der Waals surface area contributed by atoms with E-state index in [1.807, 2.05) is 7.05 Å². The molecule has 1 amide bonds. The minimum atomic E-state index is 0.00440. The zero-order valence-electron chi connectivity index (χ0n) is 13.4. The molecule has 4 aliphatic carbocycles. The number of rotatable bonds is 1. The molecule has 4 fully saturated rings. The Labute approximate surface area is 135 Å². The summed E-state index contributed by atoms with van der Waals surface area (Å²) in [5.41, 5.74) is 0.893. The van der Waals surface area contributed by atoms with Crippen molar-refractivity contribution in [3.63, 3.8) is 0 Å². The summed E-state index contributed by atoms with van der Waals surface area (Å²) in [6, 6.07) is 0. The third-order valence-corrected chi connectivity index (χ3v) is 7.04. The van der Waals surface area contributed by atoms with Crippen molar-refractivity contribution in [2.45, 2.75) is 37.5 Å². The minimum absolute atomic E-state index is 0.00440. The van der Waals surface area contributed by atoms with Crippen molar-refractivity contribution < 1.29 is 4.79 Å². The van der Waals surface area contributed by atoms with Gasteiger partial charge in [0.25, 0.3) is 5.91 Å². The molecule has 3 heterocycles. The SMILES string of the molecule is CN1C(=O)c2[nH]c(C34CC5CC(CC3C5)C4)nc2N2CCN=C12. The molecular weight excluding hydrogens is 290 g/mol. The molecule has 0 aromatic carbocycles. The van der Waals surface area contributed by atoms with E-state index in [-0.39, 0.29) is 11.3 Å². The fourth-order valence-electron chi connectivity index (χ4n) is 6.31. The van der Waals surface area contributed by atoms with Crippen LogP contribution in [0.15, 0.2) is 4.99 Å². The molecule has 0 radical (unpaired) electrons. The molecule has 1 aromatic heterocycles. The second-order valence-corrected chi connectivity index (χ2v) is 8.18. The van der Waals surface area contributed by atoms with Crippen molar-refractivity contribution in [2.75, 3.05) is 25.0 Å². The number of carbonyl (C=O) groups excluding carboxylic acids is 1. The molecule has 4 saturated carbocycles. The highest BCUT2D eigenvalue weighted by Gasteiger charge is 2.60. The van der Waals surface area contributed by atoms with E-state index in [4.69, 9.17) is 4.98 Å². The van der Waals surface area contributed by atoms with Crippen molar-refractivity contribution >= 4 is 17.7 Å². The fourth-order valence-corrected chi connectivity index (χ4v) is 6.31. The van der Waals surface area contributed by atoms with E-state index in [0.717, 1.165) is 48.4 Å². The van der Waals surface area contributed by atoms with Crippen LogP contribution in [0.5, 0.6) is 0 Å². The van der Waals surface area contributed by atoms with E-state index in [1.165, 1.54) is 32.1 Å². The Bertz CT molecular complexity index is 751. The van der Waals surface area contributed by atoms with E-state index < -0.39 is 0 Å². The van der Waals surface area contributed by atoms with Crippen molar-refractivity contribution in [3.8, 4) is 0 Å². The first-order chi connectivity index (χ1) is 11.2. The van der Waals surface area contributed by atoms with Gasteiger partial charge in [0.15, 0.2) is 5.82 Å². The van der Waals surface area contributed by atoms with E-state index in [9.17, 15) is 4.79 Å². The van der Waals surface area contributed by atoms with Gasteiger partial charge in [0, 0.05) is 19.0 Å². The number of amides is 1. The molecule has 2 unspecified atom stereocenters. The summed E-state index contributed by atoms with van der Waals surface area (Å²) in [7, 11) is 1.81. The van der Waals surface area contributed by atoms with Gasteiger partial charge >= 0.3 is 0 Å². The van der Waals surface area contributed by atoms with E-state index in [0.29, 0.717) is 5.69 Å². The summed E-state index contributed by atoms with van der Waals surface area (Å²) < 4.78 is 0. The van der Waals surface area contributed by atoms with Crippen molar-refractivity contribution in [3.05, 3.63) is 11.5 Å². The number of aromatic nitrogens is 2. The molecule has 4 bridgehead atoms. The predicted molar refractivity (Wildman–Crippen MR) is 85.6 cm³/mol. The van der Waals surface area contributed by atoms with Gasteiger partial charge in [-0.25, -0.2) is 4.98 Å². The molecular formula is C17H21N5O. The lowest BCUT2D eigenvalue weighted by atomic mass is 9.75. The number of hydrogen-bond donors (Lipinski definition) is 1.